The van der Waals surface area contributed by atoms with Crippen molar-refractivity contribution >= 4 is 12.0 Å². The number of benzene rings is 1. The van der Waals surface area contributed by atoms with Crippen molar-refractivity contribution in [2.75, 3.05) is 0 Å². The number of primary amides is 1. The van der Waals surface area contributed by atoms with Gasteiger partial charge in [-0.1, -0.05) is 26.0 Å². The molecule has 0 aliphatic heterocycles. The molecule has 2 rings (SSSR count). The van der Waals surface area contributed by atoms with E-state index >= 15 is 0 Å². The smallest absolute Gasteiger partial charge is 0.416 e. The van der Waals surface area contributed by atoms with Crippen LogP contribution in [0.3, 0.4) is 0 Å². The molecule has 0 bridgehead atoms. The maximum atomic E-state index is 12.7. The summed E-state index contributed by atoms with van der Waals surface area (Å²) in [6.07, 6.45) is -3.92. The van der Waals surface area contributed by atoms with Gasteiger partial charge in [0.15, 0.2) is 0 Å². The van der Waals surface area contributed by atoms with Crippen molar-refractivity contribution in [3.63, 3.8) is 0 Å². The third-order valence-corrected chi connectivity index (χ3v) is 5.17. The highest BCUT2D eigenvalue weighted by atomic mass is 19.4. The van der Waals surface area contributed by atoms with Crippen LogP contribution in [0.1, 0.15) is 45.4 Å². The number of nitrogens with one attached hydrogen (secondary N) is 1. The van der Waals surface area contributed by atoms with Crippen LogP contribution in [0.2, 0.25) is 0 Å². The lowest BCUT2D eigenvalue weighted by Gasteiger charge is -2.35. The molecule has 0 aliphatic carbocycles. The SMILES string of the molecule is CC(C)C(CC(=O)NCc1cc(-c2ccc(C(F)(F)F)cc2)ncn1)C(C)(C)OC(N)=O. The van der Waals surface area contributed by atoms with E-state index in [0.29, 0.717) is 17.0 Å². The number of carbonyl (C=O) groups excluding carboxylic acids is 2. The van der Waals surface area contributed by atoms with Gasteiger partial charge in [-0.05, 0) is 38.0 Å². The molecule has 1 unspecified atom stereocenters. The van der Waals surface area contributed by atoms with Crippen molar-refractivity contribution < 1.29 is 27.5 Å². The summed E-state index contributed by atoms with van der Waals surface area (Å²) in [7, 11) is 0. The van der Waals surface area contributed by atoms with Gasteiger partial charge < -0.3 is 15.8 Å². The summed E-state index contributed by atoms with van der Waals surface area (Å²) in [5, 5.41) is 2.77. The van der Waals surface area contributed by atoms with Gasteiger partial charge >= 0.3 is 12.3 Å². The third kappa shape index (κ3) is 6.93. The van der Waals surface area contributed by atoms with E-state index in [9.17, 15) is 22.8 Å². The summed E-state index contributed by atoms with van der Waals surface area (Å²) in [4.78, 5) is 31.9. The van der Waals surface area contributed by atoms with Gasteiger partial charge in [-0.3, -0.25) is 4.79 Å². The lowest BCUT2D eigenvalue weighted by atomic mass is 9.79. The summed E-state index contributed by atoms with van der Waals surface area (Å²) in [6, 6.07) is 6.24. The van der Waals surface area contributed by atoms with E-state index in [1.54, 1.807) is 19.9 Å². The van der Waals surface area contributed by atoms with Gasteiger partial charge in [-0.25, -0.2) is 14.8 Å². The zero-order valence-corrected chi connectivity index (χ0v) is 18.4. The number of hydrogen-bond acceptors (Lipinski definition) is 5. The molecule has 1 aromatic heterocycles. The molecule has 2 amide bonds. The number of halogens is 3. The molecule has 0 saturated heterocycles. The number of nitrogens with two attached hydrogens (primary N) is 1. The minimum absolute atomic E-state index is 0.0421. The van der Waals surface area contributed by atoms with E-state index in [4.69, 9.17) is 10.5 Å². The average Bonchev–Trinajstić information content (AvgIpc) is 2.69. The first-order valence-corrected chi connectivity index (χ1v) is 10.0. The Morgan fingerprint density at radius 1 is 1.12 bits per heavy atom. The first-order valence-electron chi connectivity index (χ1n) is 10.0. The molecule has 0 fully saturated rings. The van der Waals surface area contributed by atoms with Crippen molar-refractivity contribution in [1.29, 1.82) is 0 Å². The maximum absolute atomic E-state index is 12.7. The summed E-state index contributed by atoms with van der Waals surface area (Å²) in [5.41, 5.74) is 4.90. The predicted octanol–water partition coefficient (Wildman–Crippen LogP) is 4.31. The topological polar surface area (TPSA) is 107 Å². The number of alkyl halides is 3. The van der Waals surface area contributed by atoms with Crippen LogP contribution >= 0.6 is 0 Å². The predicted molar refractivity (Wildman–Crippen MR) is 112 cm³/mol. The Kier molecular flexibility index (Phi) is 7.82. The average molecular weight is 452 g/mol. The zero-order valence-electron chi connectivity index (χ0n) is 18.4. The van der Waals surface area contributed by atoms with Gasteiger partial charge in [0.1, 0.15) is 11.9 Å². The number of ether oxygens (including phenoxy) is 1. The summed E-state index contributed by atoms with van der Waals surface area (Å²) in [6.45, 7) is 7.36. The maximum Gasteiger partial charge on any atom is 0.416 e. The highest BCUT2D eigenvalue weighted by Crippen LogP contribution is 2.32. The van der Waals surface area contributed by atoms with E-state index in [1.165, 1.54) is 18.5 Å². The second-order valence-corrected chi connectivity index (χ2v) is 8.33. The Morgan fingerprint density at radius 2 is 1.75 bits per heavy atom. The number of amides is 2. The highest BCUT2D eigenvalue weighted by Gasteiger charge is 2.36. The van der Waals surface area contributed by atoms with Crippen LogP contribution in [-0.4, -0.2) is 27.6 Å². The van der Waals surface area contributed by atoms with E-state index in [1.807, 2.05) is 13.8 Å². The van der Waals surface area contributed by atoms with Crippen LogP contribution in [0.5, 0.6) is 0 Å². The molecule has 174 valence electrons. The number of rotatable bonds is 8. The van der Waals surface area contributed by atoms with Gasteiger partial charge in [-0.2, -0.15) is 13.2 Å². The molecular weight excluding hydrogens is 425 g/mol. The fourth-order valence-electron chi connectivity index (χ4n) is 3.56. The van der Waals surface area contributed by atoms with E-state index in [-0.39, 0.29) is 30.7 Å². The van der Waals surface area contributed by atoms with Crippen LogP contribution in [-0.2, 0) is 22.3 Å². The standard InChI is InChI=1S/C22H27F3N4O3/c1-13(2)17(21(3,4)32-20(26)31)10-19(30)27-11-16-9-18(29-12-28-16)14-5-7-15(8-6-14)22(23,24)25/h5-9,12-13,17H,10-11H2,1-4H3,(H2,26,31)(H,27,30). The van der Waals surface area contributed by atoms with Crippen LogP contribution < -0.4 is 11.1 Å². The fourth-order valence-corrected chi connectivity index (χ4v) is 3.56. The number of hydrogen-bond donors (Lipinski definition) is 2. The largest absolute Gasteiger partial charge is 0.443 e. The molecular formula is C22H27F3N4O3. The molecule has 1 heterocycles. The molecule has 1 atom stereocenters. The van der Waals surface area contributed by atoms with Crippen molar-refractivity contribution in [1.82, 2.24) is 15.3 Å². The van der Waals surface area contributed by atoms with Crippen molar-refractivity contribution in [2.45, 2.75) is 52.4 Å². The first-order chi connectivity index (χ1) is 14.8. The van der Waals surface area contributed by atoms with Gasteiger partial charge in [0.25, 0.3) is 0 Å². The Morgan fingerprint density at radius 3 is 2.28 bits per heavy atom. The number of nitrogens with zero attached hydrogens (tertiary/aromatic N) is 2. The van der Waals surface area contributed by atoms with E-state index in [2.05, 4.69) is 15.3 Å². The Bertz CT molecular complexity index is 944. The second kappa shape index (κ2) is 9.97. The fraction of sp³-hybridized carbons (Fsp3) is 0.455. The van der Waals surface area contributed by atoms with Gasteiger partial charge in [0.05, 0.1) is 23.5 Å². The number of aromatic nitrogens is 2. The van der Waals surface area contributed by atoms with Gasteiger partial charge in [0, 0.05) is 17.9 Å². The minimum atomic E-state index is -4.41. The Balaban J connectivity index is 2.05. The second-order valence-electron chi connectivity index (χ2n) is 8.33. The minimum Gasteiger partial charge on any atom is -0.443 e. The van der Waals surface area contributed by atoms with Crippen LogP contribution in [0, 0.1) is 11.8 Å². The third-order valence-electron chi connectivity index (χ3n) is 5.17. The summed E-state index contributed by atoms with van der Waals surface area (Å²) in [5.74, 6) is -0.497. The van der Waals surface area contributed by atoms with Crippen LogP contribution in [0.4, 0.5) is 18.0 Å². The van der Waals surface area contributed by atoms with Crippen molar-refractivity contribution in [3.05, 3.63) is 47.9 Å². The summed E-state index contributed by atoms with van der Waals surface area (Å²) >= 11 is 0. The van der Waals surface area contributed by atoms with Gasteiger partial charge in [0.2, 0.25) is 5.91 Å². The molecule has 0 saturated carbocycles. The monoisotopic (exact) mass is 452 g/mol. The molecule has 7 nitrogen and oxygen atoms in total. The lowest BCUT2D eigenvalue weighted by molar-refractivity contribution is -0.137. The molecule has 0 spiro atoms. The molecule has 0 aliphatic rings. The van der Waals surface area contributed by atoms with Crippen LogP contribution in [0.15, 0.2) is 36.7 Å². The van der Waals surface area contributed by atoms with Gasteiger partial charge in [-0.15, -0.1) is 0 Å². The lowest BCUT2D eigenvalue weighted by Crippen LogP contribution is -2.43. The molecule has 0 radical (unpaired) electrons. The molecule has 10 heteroatoms. The molecule has 32 heavy (non-hydrogen) atoms. The summed E-state index contributed by atoms with van der Waals surface area (Å²) < 4.78 is 43.4. The first kappa shape index (κ1) is 25.1. The van der Waals surface area contributed by atoms with Crippen molar-refractivity contribution in [3.8, 4) is 11.3 Å². The normalized spacial score (nSPS) is 13.0. The Labute approximate surface area is 184 Å². The molecule has 1 aromatic carbocycles. The van der Waals surface area contributed by atoms with Crippen molar-refractivity contribution in [2.24, 2.45) is 17.6 Å². The zero-order chi connectivity index (χ0) is 24.1. The van der Waals surface area contributed by atoms with E-state index < -0.39 is 23.4 Å². The Hall–Kier alpha value is -3.17. The quantitative estimate of drug-likeness (QED) is 0.621. The molecule has 2 aromatic rings. The van der Waals surface area contributed by atoms with E-state index in [0.717, 1.165) is 12.1 Å². The molecule has 3 N–H and O–H groups in total. The van der Waals surface area contributed by atoms with Crippen LogP contribution in [0.25, 0.3) is 11.3 Å². The number of carbonyl (C=O) groups is 2. The highest BCUT2D eigenvalue weighted by molar-refractivity contribution is 5.76.